The van der Waals surface area contributed by atoms with E-state index in [0.29, 0.717) is 0 Å². The van der Waals surface area contributed by atoms with Crippen LogP contribution in [0, 0.1) is 5.92 Å². The average molecular weight is 653 g/mol. The summed E-state index contributed by atoms with van der Waals surface area (Å²) < 4.78 is 6.74. The van der Waals surface area contributed by atoms with E-state index in [4.69, 9.17) is 4.74 Å². The Kier molecular flexibility index (Phi) is 5.53. The molecule has 1 spiro atoms. The van der Waals surface area contributed by atoms with Crippen LogP contribution in [0.5, 0.6) is 11.5 Å². The summed E-state index contributed by atoms with van der Waals surface area (Å²) in [5.41, 5.74) is 16.7. The van der Waals surface area contributed by atoms with Crippen molar-refractivity contribution in [2.45, 2.75) is 63.2 Å². The van der Waals surface area contributed by atoms with Gasteiger partial charge < -0.3 is 14.5 Å². The van der Waals surface area contributed by atoms with E-state index >= 15 is 4.79 Å². The summed E-state index contributed by atoms with van der Waals surface area (Å²) in [6.45, 7) is 4.60. The van der Waals surface area contributed by atoms with Crippen molar-refractivity contribution in [2.75, 3.05) is 36.0 Å². The number of fused-ring (bicyclic) bond motifs is 12. The maximum absolute atomic E-state index is 15.3. The second kappa shape index (κ2) is 9.90. The lowest BCUT2D eigenvalue weighted by molar-refractivity contribution is 0.0921. The SMILES string of the molecule is O=C1c2cc3cc4c5c(c3cc2C2(C3=Cc6c(cc7c8c6CCCN8CCC7)CC13)c1ccccc1Oc1ccccc12)CCCN5CCC4. The molecular weight excluding hydrogens is 613 g/mol. The Hall–Kier alpha value is -4.83. The highest BCUT2D eigenvalue weighted by Gasteiger charge is 2.55. The van der Waals surface area contributed by atoms with Crippen LogP contribution >= 0.6 is 0 Å². The molecule has 0 radical (unpaired) electrons. The van der Waals surface area contributed by atoms with E-state index < -0.39 is 5.41 Å². The number of carbonyl (C=O) groups is 1. The van der Waals surface area contributed by atoms with Gasteiger partial charge in [0.05, 0.1) is 5.41 Å². The number of nitrogens with zero attached hydrogens (tertiary/aromatic N) is 2. The third kappa shape index (κ3) is 3.45. The largest absolute Gasteiger partial charge is 0.457 e. The van der Waals surface area contributed by atoms with Crippen molar-refractivity contribution >= 4 is 34.0 Å². The van der Waals surface area contributed by atoms with Crippen molar-refractivity contribution < 1.29 is 9.53 Å². The molecular formula is C46H40N2O2. The number of benzene rings is 5. The molecule has 2 aliphatic carbocycles. The molecule has 0 aromatic heterocycles. The molecule has 246 valence electrons. The number of hydrogen-bond donors (Lipinski definition) is 0. The number of aryl methyl sites for hydroxylation is 3. The van der Waals surface area contributed by atoms with Crippen LogP contribution in [0.4, 0.5) is 11.4 Å². The molecule has 0 bridgehead atoms. The fraction of sp³-hybridized carbons (Fsp3) is 0.326. The zero-order valence-electron chi connectivity index (χ0n) is 28.5. The van der Waals surface area contributed by atoms with Crippen molar-refractivity contribution in [3.8, 4) is 11.5 Å². The van der Waals surface area contributed by atoms with Crippen molar-refractivity contribution in [1.82, 2.24) is 0 Å². The highest BCUT2D eigenvalue weighted by molar-refractivity contribution is 6.10. The molecule has 4 heteroatoms. The normalized spacial score (nSPS) is 21.6. The smallest absolute Gasteiger partial charge is 0.170 e. The van der Waals surface area contributed by atoms with Crippen molar-refractivity contribution in [3.63, 3.8) is 0 Å². The van der Waals surface area contributed by atoms with Gasteiger partial charge in [-0.05, 0) is 143 Å². The standard InChI is InChI=1S/C46H40N2O2/c49-45-35-23-29-21-27-9-5-17-47-19-7-11-31(43(27)47)33(29)25-39(35)46(37-13-1-3-15-41(37)50-42-16-4-2-14-38(42)46)40-26-34-30(24-36(40)45)22-28-10-6-18-48-20-8-12-32(34)44(28)48/h1-4,13-16,21-23,25-26,36H,5-12,17-20,24H2. The number of anilines is 2. The van der Waals surface area contributed by atoms with Crippen LogP contribution in [-0.2, 0) is 37.5 Å². The zero-order valence-corrected chi connectivity index (χ0v) is 28.5. The monoisotopic (exact) mass is 652 g/mol. The minimum absolute atomic E-state index is 0.230. The molecule has 5 aromatic carbocycles. The van der Waals surface area contributed by atoms with Crippen molar-refractivity contribution in [2.24, 2.45) is 5.92 Å². The van der Waals surface area contributed by atoms with Crippen LogP contribution in [0.1, 0.15) is 86.1 Å². The lowest BCUT2D eigenvalue weighted by atomic mass is 9.53. The summed E-state index contributed by atoms with van der Waals surface area (Å²) in [5, 5.41) is 2.57. The summed E-state index contributed by atoms with van der Waals surface area (Å²) in [5.74, 6) is 1.85. The number of Topliss-reactive ketones (excluding diaryl/α,β-unsaturated/α-hetero) is 1. The second-order valence-electron chi connectivity index (χ2n) is 15.9. The first-order chi connectivity index (χ1) is 24.7. The Labute approximate surface area is 293 Å². The van der Waals surface area contributed by atoms with Gasteiger partial charge in [0, 0.05) is 60.2 Å². The molecule has 7 aliphatic rings. The number of ether oxygens (including phenoxy) is 1. The molecule has 0 saturated carbocycles. The highest BCUT2D eigenvalue weighted by atomic mass is 16.5. The van der Waals surface area contributed by atoms with E-state index in [9.17, 15) is 0 Å². The van der Waals surface area contributed by atoms with Gasteiger partial charge in [-0.15, -0.1) is 0 Å². The molecule has 0 saturated heterocycles. The molecule has 0 fully saturated rings. The van der Waals surface area contributed by atoms with Gasteiger partial charge in [-0.1, -0.05) is 48.5 Å². The fourth-order valence-electron chi connectivity index (χ4n) is 11.6. The Morgan fingerprint density at radius 2 is 1.26 bits per heavy atom. The number of carbonyl (C=O) groups excluding carboxylic acids is 1. The van der Waals surface area contributed by atoms with E-state index in [1.165, 1.54) is 86.8 Å². The minimum Gasteiger partial charge on any atom is -0.457 e. The first kappa shape index (κ1) is 27.9. The van der Waals surface area contributed by atoms with E-state index in [-0.39, 0.29) is 11.7 Å². The predicted molar refractivity (Wildman–Crippen MR) is 200 cm³/mol. The molecule has 50 heavy (non-hydrogen) atoms. The minimum atomic E-state index is -0.640. The van der Waals surface area contributed by atoms with Crippen LogP contribution in [0.25, 0.3) is 16.8 Å². The topological polar surface area (TPSA) is 32.8 Å². The van der Waals surface area contributed by atoms with Gasteiger partial charge in [-0.2, -0.15) is 0 Å². The summed E-state index contributed by atoms with van der Waals surface area (Å²) in [7, 11) is 0. The molecule has 12 rings (SSSR count). The fourth-order valence-corrected chi connectivity index (χ4v) is 11.6. The number of hydrogen-bond acceptors (Lipinski definition) is 4. The Morgan fingerprint density at radius 1 is 0.640 bits per heavy atom. The number of allylic oxidation sites excluding steroid dienone is 1. The Bertz CT molecular complexity index is 2350. The molecule has 1 unspecified atom stereocenters. The average Bonchev–Trinajstić information content (AvgIpc) is 3.16. The third-order valence-corrected chi connectivity index (χ3v) is 13.5. The summed E-state index contributed by atoms with van der Waals surface area (Å²) in [6.07, 6.45) is 12.5. The lowest BCUT2D eigenvalue weighted by Gasteiger charge is -2.50. The van der Waals surface area contributed by atoms with Gasteiger partial charge in [0.25, 0.3) is 0 Å². The molecule has 1 atom stereocenters. The quantitative estimate of drug-likeness (QED) is 0.167. The first-order valence-corrected chi connectivity index (χ1v) is 19.1. The van der Waals surface area contributed by atoms with Crippen LogP contribution in [0.2, 0.25) is 0 Å². The molecule has 4 nitrogen and oxygen atoms in total. The van der Waals surface area contributed by atoms with Gasteiger partial charge in [0.15, 0.2) is 5.78 Å². The van der Waals surface area contributed by atoms with Crippen LogP contribution in [0.3, 0.4) is 0 Å². The van der Waals surface area contributed by atoms with E-state index in [2.05, 4.69) is 88.7 Å². The van der Waals surface area contributed by atoms with Gasteiger partial charge >= 0.3 is 0 Å². The summed E-state index contributed by atoms with van der Waals surface area (Å²) >= 11 is 0. The number of ketones is 1. The number of rotatable bonds is 0. The van der Waals surface area contributed by atoms with E-state index in [1.54, 1.807) is 0 Å². The lowest BCUT2D eigenvalue weighted by Crippen LogP contribution is -2.46. The third-order valence-electron chi connectivity index (χ3n) is 13.5. The molecule has 5 heterocycles. The second-order valence-corrected chi connectivity index (χ2v) is 15.9. The Morgan fingerprint density at radius 3 is 1.98 bits per heavy atom. The van der Waals surface area contributed by atoms with Crippen LogP contribution < -0.4 is 14.5 Å². The maximum Gasteiger partial charge on any atom is 0.170 e. The van der Waals surface area contributed by atoms with Crippen LogP contribution in [0.15, 0.2) is 78.4 Å². The van der Waals surface area contributed by atoms with Gasteiger partial charge in [0.2, 0.25) is 0 Å². The molecule has 0 N–H and O–H groups in total. The molecule has 5 aromatic rings. The zero-order chi connectivity index (χ0) is 32.7. The van der Waals surface area contributed by atoms with Crippen molar-refractivity contribution in [3.05, 3.63) is 134 Å². The number of para-hydroxylation sites is 2. The van der Waals surface area contributed by atoms with Crippen molar-refractivity contribution in [1.29, 1.82) is 0 Å². The van der Waals surface area contributed by atoms with Crippen LogP contribution in [-0.4, -0.2) is 32.0 Å². The molecule has 5 aliphatic heterocycles. The summed E-state index contributed by atoms with van der Waals surface area (Å²) in [4.78, 5) is 20.6. The van der Waals surface area contributed by atoms with Gasteiger partial charge in [-0.3, -0.25) is 4.79 Å². The van der Waals surface area contributed by atoms with E-state index in [0.717, 1.165) is 92.0 Å². The summed E-state index contributed by atoms with van der Waals surface area (Å²) in [6, 6.07) is 27.0. The first-order valence-electron chi connectivity index (χ1n) is 19.1. The predicted octanol–water partition coefficient (Wildman–Crippen LogP) is 9.13. The van der Waals surface area contributed by atoms with Gasteiger partial charge in [-0.25, -0.2) is 0 Å². The Balaban J connectivity index is 1.22. The highest BCUT2D eigenvalue weighted by Crippen LogP contribution is 2.62. The van der Waals surface area contributed by atoms with Gasteiger partial charge in [0.1, 0.15) is 11.5 Å². The molecule has 0 amide bonds. The maximum atomic E-state index is 15.3. The van der Waals surface area contributed by atoms with E-state index in [1.807, 2.05) is 0 Å².